The summed E-state index contributed by atoms with van der Waals surface area (Å²) in [5.74, 6) is 0.613. The van der Waals surface area contributed by atoms with Crippen molar-refractivity contribution < 1.29 is 9.59 Å². The molecule has 0 atom stereocenters. The van der Waals surface area contributed by atoms with Gasteiger partial charge in [-0.15, -0.1) is 0 Å². The van der Waals surface area contributed by atoms with Gasteiger partial charge in [-0.1, -0.05) is 0 Å². The molecule has 0 aromatic carbocycles. The Hall–Kier alpha value is -2.18. The summed E-state index contributed by atoms with van der Waals surface area (Å²) >= 11 is 0. The van der Waals surface area contributed by atoms with Crippen molar-refractivity contribution in [2.45, 2.75) is 25.7 Å². The molecule has 2 saturated heterocycles. The van der Waals surface area contributed by atoms with Gasteiger partial charge < -0.3 is 14.7 Å². The molecule has 0 saturated carbocycles. The fourth-order valence-electron chi connectivity index (χ4n) is 3.11. The van der Waals surface area contributed by atoms with Gasteiger partial charge in [-0.3, -0.25) is 9.59 Å². The molecule has 7 nitrogen and oxygen atoms in total. The zero-order chi connectivity index (χ0) is 16.1. The van der Waals surface area contributed by atoms with Gasteiger partial charge in [0.25, 0.3) is 0 Å². The predicted octanol–water partition coefficient (Wildman–Crippen LogP) is 0.528. The Bertz CT molecular complexity index is 537. The van der Waals surface area contributed by atoms with E-state index in [1.165, 1.54) is 6.42 Å². The van der Waals surface area contributed by atoms with Crippen LogP contribution in [0.4, 0.5) is 5.95 Å². The van der Waals surface area contributed by atoms with Crippen molar-refractivity contribution in [3.63, 3.8) is 0 Å². The van der Waals surface area contributed by atoms with Crippen LogP contribution in [0.2, 0.25) is 0 Å². The first kappa shape index (κ1) is 15.7. The van der Waals surface area contributed by atoms with Crippen LogP contribution in [0.15, 0.2) is 18.5 Å². The minimum atomic E-state index is -0.0609. The summed E-state index contributed by atoms with van der Waals surface area (Å²) < 4.78 is 0. The van der Waals surface area contributed by atoms with Crippen molar-refractivity contribution in [2.75, 3.05) is 44.2 Å². The van der Waals surface area contributed by atoms with Crippen molar-refractivity contribution >= 4 is 17.8 Å². The molecule has 0 spiro atoms. The summed E-state index contributed by atoms with van der Waals surface area (Å²) in [7, 11) is 0. The number of likely N-dealkylation sites (tertiary alicyclic amines) is 1. The van der Waals surface area contributed by atoms with Crippen LogP contribution in [0, 0.1) is 0 Å². The zero-order valence-corrected chi connectivity index (χ0v) is 13.4. The molecule has 124 valence electrons. The highest BCUT2D eigenvalue weighted by Crippen LogP contribution is 2.13. The minimum absolute atomic E-state index is 0.00182. The van der Waals surface area contributed by atoms with Crippen LogP contribution in [0.1, 0.15) is 25.7 Å². The van der Waals surface area contributed by atoms with E-state index in [0.717, 1.165) is 25.9 Å². The molecule has 0 bridgehead atoms. The molecule has 1 aromatic rings. The van der Waals surface area contributed by atoms with E-state index in [2.05, 4.69) is 14.9 Å². The van der Waals surface area contributed by atoms with Gasteiger partial charge in [0.15, 0.2) is 0 Å². The number of piperazine rings is 1. The number of piperidine rings is 1. The Balaban J connectivity index is 1.47. The largest absolute Gasteiger partial charge is 0.342 e. The van der Waals surface area contributed by atoms with E-state index in [9.17, 15) is 9.59 Å². The van der Waals surface area contributed by atoms with Crippen molar-refractivity contribution in [3.05, 3.63) is 18.5 Å². The van der Waals surface area contributed by atoms with E-state index in [-0.39, 0.29) is 18.2 Å². The Morgan fingerprint density at radius 2 is 1.39 bits per heavy atom. The first-order chi connectivity index (χ1) is 11.2. The fraction of sp³-hybridized carbons (Fsp3) is 0.625. The normalized spacial score (nSPS) is 18.9. The molecule has 23 heavy (non-hydrogen) atoms. The van der Waals surface area contributed by atoms with Crippen molar-refractivity contribution in [2.24, 2.45) is 0 Å². The van der Waals surface area contributed by atoms with E-state index in [1.807, 2.05) is 4.90 Å². The molecule has 3 heterocycles. The van der Waals surface area contributed by atoms with E-state index < -0.39 is 0 Å². The molecule has 0 N–H and O–H groups in total. The second-order valence-corrected chi connectivity index (χ2v) is 6.03. The van der Waals surface area contributed by atoms with E-state index >= 15 is 0 Å². The summed E-state index contributed by atoms with van der Waals surface area (Å²) in [5.41, 5.74) is 0. The van der Waals surface area contributed by atoms with Crippen molar-refractivity contribution in [3.8, 4) is 0 Å². The third kappa shape index (κ3) is 3.97. The van der Waals surface area contributed by atoms with Gasteiger partial charge in [0, 0.05) is 51.7 Å². The quantitative estimate of drug-likeness (QED) is 0.761. The fourth-order valence-corrected chi connectivity index (χ4v) is 3.11. The Labute approximate surface area is 136 Å². The standard InChI is InChI=1S/C16H23N5O2/c22-14(19-7-2-1-3-8-19)13-15(23)20-9-11-21(12-10-20)16-17-5-4-6-18-16/h4-6H,1-3,7-13H2. The number of carbonyl (C=O) groups is 2. The molecule has 7 heteroatoms. The number of hydrogen-bond acceptors (Lipinski definition) is 5. The third-order valence-corrected chi connectivity index (χ3v) is 4.48. The summed E-state index contributed by atoms with van der Waals surface area (Å²) in [6.45, 7) is 4.23. The van der Waals surface area contributed by atoms with Gasteiger partial charge in [-0.2, -0.15) is 0 Å². The number of rotatable bonds is 3. The molecular weight excluding hydrogens is 294 g/mol. The number of amides is 2. The summed E-state index contributed by atoms with van der Waals surface area (Å²) in [4.78, 5) is 38.6. The molecule has 1 aromatic heterocycles. The van der Waals surface area contributed by atoms with Gasteiger partial charge >= 0.3 is 0 Å². The molecule has 2 amide bonds. The molecule has 0 unspecified atom stereocenters. The third-order valence-electron chi connectivity index (χ3n) is 4.48. The Kier molecular flexibility index (Phi) is 5.05. The smallest absolute Gasteiger partial charge is 0.232 e. The number of aromatic nitrogens is 2. The Morgan fingerprint density at radius 3 is 2.00 bits per heavy atom. The number of carbonyl (C=O) groups excluding carboxylic acids is 2. The average molecular weight is 317 g/mol. The van der Waals surface area contributed by atoms with Gasteiger partial charge in [-0.05, 0) is 25.3 Å². The maximum atomic E-state index is 12.3. The zero-order valence-electron chi connectivity index (χ0n) is 13.4. The van der Waals surface area contributed by atoms with Crippen LogP contribution in [-0.2, 0) is 9.59 Å². The highest BCUT2D eigenvalue weighted by molar-refractivity contribution is 5.97. The van der Waals surface area contributed by atoms with Gasteiger partial charge in [-0.25, -0.2) is 9.97 Å². The van der Waals surface area contributed by atoms with Crippen molar-refractivity contribution in [1.29, 1.82) is 0 Å². The molecule has 0 radical (unpaired) electrons. The van der Waals surface area contributed by atoms with E-state index in [4.69, 9.17) is 0 Å². The minimum Gasteiger partial charge on any atom is -0.342 e. The lowest BCUT2D eigenvalue weighted by atomic mass is 10.1. The van der Waals surface area contributed by atoms with Crippen LogP contribution in [0.3, 0.4) is 0 Å². The lowest BCUT2D eigenvalue weighted by Gasteiger charge is -2.35. The number of nitrogens with zero attached hydrogens (tertiary/aromatic N) is 5. The van der Waals surface area contributed by atoms with Crippen LogP contribution < -0.4 is 4.90 Å². The van der Waals surface area contributed by atoms with E-state index in [0.29, 0.717) is 32.1 Å². The van der Waals surface area contributed by atoms with Gasteiger partial charge in [0.1, 0.15) is 6.42 Å². The molecule has 2 fully saturated rings. The summed E-state index contributed by atoms with van der Waals surface area (Å²) in [6.07, 6.45) is 6.72. The van der Waals surface area contributed by atoms with E-state index in [1.54, 1.807) is 23.4 Å². The van der Waals surface area contributed by atoms with Crippen molar-refractivity contribution in [1.82, 2.24) is 19.8 Å². The maximum Gasteiger partial charge on any atom is 0.232 e. The molecule has 3 rings (SSSR count). The van der Waals surface area contributed by atoms with Gasteiger partial charge in [0.05, 0.1) is 0 Å². The SMILES string of the molecule is O=C(CC(=O)N1CCN(c2ncccn2)CC1)N1CCCCC1. The highest BCUT2D eigenvalue weighted by Gasteiger charge is 2.26. The van der Waals surface area contributed by atoms with Crippen LogP contribution in [0.5, 0.6) is 0 Å². The molecule has 0 aliphatic carbocycles. The highest BCUT2D eigenvalue weighted by atomic mass is 16.2. The van der Waals surface area contributed by atoms with Crippen LogP contribution >= 0.6 is 0 Å². The molecular formula is C16H23N5O2. The monoisotopic (exact) mass is 317 g/mol. The summed E-state index contributed by atoms with van der Waals surface area (Å²) in [5, 5.41) is 0. The van der Waals surface area contributed by atoms with Crippen LogP contribution in [-0.4, -0.2) is 70.9 Å². The maximum absolute atomic E-state index is 12.3. The molecule has 2 aliphatic rings. The lowest BCUT2D eigenvalue weighted by molar-refractivity contribution is -0.141. The first-order valence-electron chi connectivity index (χ1n) is 8.31. The Morgan fingerprint density at radius 1 is 0.826 bits per heavy atom. The second kappa shape index (κ2) is 7.39. The molecule has 2 aliphatic heterocycles. The summed E-state index contributed by atoms with van der Waals surface area (Å²) in [6, 6.07) is 1.79. The first-order valence-corrected chi connectivity index (χ1v) is 8.31. The lowest BCUT2D eigenvalue weighted by Crippen LogP contribution is -2.50. The number of anilines is 1. The number of hydrogen-bond donors (Lipinski definition) is 0. The van der Waals surface area contributed by atoms with Gasteiger partial charge in [0.2, 0.25) is 17.8 Å². The predicted molar refractivity (Wildman–Crippen MR) is 85.9 cm³/mol. The average Bonchev–Trinajstić information content (AvgIpc) is 2.63. The second-order valence-electron chi connectivity index (χ2n) is 6.03. The topological polar surface area (TPSA) is 69.6 Å². The van der Waals surface area contributed by atoms with Crippen LogP contribution in [0.25, 0.3) is 0 Å².